The van der Waals surface area contributed by atoms with Crippen LogP contribution in [0.4, 0.5) is 0 Å². The van der Waals surface area contributed by atoms with Crippen molar-refractivity contribution in [3.8, 4) is 11.5 Å². The van der Waals surface area contributed by atoms with Gasteiger partial charge in [0.05, 0.1) is 6.61 Å². The first-order valence-corrected chi connectivity index (χ1v) is 10.1. The summed E-state index contributed by atoms with van der Waals surface area (Å²) in [6, 6.07) is 5.52. The maximum Gasteiger partial charge on any atom is 0.355 e. The number of hydrogen-bond donors (Lipinski definition) is 1. The molecule has 0 unspecified atom stereocenters. The van der Waals surface area contributed by atoms with E-state index in [1.807, 2.05) is 26.0 Å². The van der Waals surface area contributed by atoms with E-state index >= 15 is 0 Å². The third-order valence-electron chi connectivity index (χ3n) is 4.96. The van der Waals surface area contributed by atoms with E-state index in [1.54, 1.807) is 26.8 Å². The minimum atomic E-state index is -0.681. The Labute approximate surface area is 180 Å². The van der Waals surface area contributed by atoms with Crippen LogP contribution >= 0.6 is 0 Å². The number of rotatable bonds is 8. The van der Waals surface area contributed by atoms with Crippen molar-refractivity contribution < 1.29 is 33.3 Å². The summed E-state index contributed by atoms with van der Waals surface area (Å²) in [6.07, 6.45) is 0.752. The van der Waals surface area contributed by atoms with Gasteiger partial charge in [-0.15, -0.1) is 0 Å². The highest BCUT2D eigenvalue weighted by molar-refractivity contribution is 6.03. The predicted octanol–water partition coefficient (Wildman–Crippen LogP) is 3.33. The van der Waals surface area contributed by atoms with Crippen LogP contribution in [0.5, 0.6) is 11.5 Å². The molecule has 0 fully saturated rings. The second-order valence-electron chi connectivity index (χ2n) is 8.00. The Morgan fingerprint density at radius 1 is 1.13 bits per heavy atom. The number of carbonyl (C=O) groups excluding carboxylic acids is 3. The highest BCUT2D eigenvalue weighted by atomic mass is 16.6. The molecule has 8 nitrogen and oxygen atoms in total. The van der Waals surface area contributed by atoms with E-state index in [2.05, 4.69) is 4.98 Å². The van der Waals surface area contributed by atoms with Crippen molar-refractivity contribution in [1.29, 1.82) is 0 Å². The van der Waals surface area contributed by atoms with Gasteiger partial charge in [-0.3, -0.25) is 4.79 Å². The molecule has 0 aliphatic carbocycles. The molecule has 0 amide bonds. The number of esters is 2. The van der Waals surface area contributed by atoms with Crippen molar-refractivity contribution in [3.05, 3.63) is 46.3 Å². The number of fused-ring (bicyclic) bond motifs is 1. The molecule has 1 N–H and O–H groups in total. The fourth-order valence-corrected chi connectivity index (χ4v) is 3.67. The number of benzene rings is 1. The number of aromatic nitrogens is 1. The Balaban J connectivity index is 1.57. The lowest BCUT2D eigenvalue weighted by atomic mass is 10.0. The lowest BCUT2D eigenvalue weighted by Crippen LogP contribution is -2.25. The van der Waals surface area contributed by atoms with Crippen LogP contribution < -0.4 is 9.47 Å². The number of aryl methyl sites for hydroxylation is 1. The molecular weight excluding hydrogens is 402 g/mol. The summed E-state index contributed by atoms with van der Waals surface area (Å²) in [7, 11) is 0. The zero-order valence-corrected chi connectivity index (χ0v) is 18.4. The van der Waals surface area contributed by atoms with Gasteiger partial charge in [0, 0.05) is 23.2 Å². The van der Waals surface area contributed by atoms with Gasteiger partial charge in [-0.05, 0) is 46.2 Å². The van der Waals surface area contributed by atoms with Gasteiger partial charge in [-0.25, -0.2) is 9.59 Å². The van der Waals surface area contributed by atoms with E-state index < -0.39 is 24.3 Å². The molecule has 8 heteroatoms. The third-order valence-corrected chi connectivity index (χ3v) is 4.96. The quantitative estimate of drug-likeness (QED) is 0.507. The van der Waals surface area contributed by atoms with Crippen LogP contribution in [0.2, 0.25) is 0 Å². The Bertz CT molecular complexity index is 1020. The minimum Gasteiger partial charge on any atom is -0.483 e. The molecule has 0 bridgehead atoms. The summed E-state index contributed by atoms with van der Waals surface area (Å²) in [5.74, 6) is -0.543. The molecule has 2 aromatic rings. The predicted molar refractivity (Wildman–Crippen MR) is 112 cm³/mol. The average molecular weight is 429 g/mol. The van der Waals surface area contributed by atoms with Gasteiger partial charge in [-0.2, -0.15) is 0 Å². The van der Waals surface area contributed by atoms with Gasteiger partial charge in [0.2, 0.25) is 5.78 Å². The Hall–Kier alpha value is -3.29. The van der Waals surface area contributed by atoms with E-state index in [0.29, 0.717) is 28.3 Å². The maximum atomic E-state index is 12.6. The van der Waals surface area contributed by atoms with Crippen molar-refractivity contribution >= 4 is 17.7 Å². The number of carbonyl (C=O) groups is 3. The van der Waals surface area contributed by atoms with Gasteiger partial charge in [0.25, 0.3) is 0 Å². The minimum absolute atomic E-state index is 0.221. The lowest BCUT2D eigenvalue weighted by molar-refractivity contribution is -0.144. The van der Waals surface area contributed by atoms with E-state index in [0.717, 1.165) is 12.0 Å². The molecular formula is C23H27NO7. The molecule has 2 heterocycles. The third kappa shape index (κ3) is 4.90. The molecule has 31 heavy (non-hydrogen) atoms. The fraction of sp³-hybridized carbons (Fsp3) is 0.435. The van der Waals surface area contributed by atoms with Gasteiger partial charge >= 0.3 is 11.9 Å². The van der Waals surface area contributed by atoms with E-state index in [9.17, 15) is 14.4 Å². The molecule has 1 aliphatic rings. The van der Waals surface area contributed by atoms with Crippen molar-refractivity contribution in [1.82, 2.24) is 4.98 Å². The van der Waals surface area contributed by atoms with Crippen LogP contribution in [0.3, 0.4) is 0 Å². The molecule has 0 spiro atoms. The largest absolute Gasteiger partial charge is 0.483 e. The van der Waals surface area contributed by atoms with Crippen molar-refractivity contribution in [2.75, 3.05) is 19.8 Å². The number of Topliss-reactive ketones (excluding diaryl/α,β-unsaturated/α-hetero) is 1. The van der Waals surface area contributed by atoms with Crippen molar-refractivity contribution in [3.63, 3.8) is 0 Å². The summed E-state index contributed by atoms with van der Waals surface area (Å²) in [5.41, 5.74) is 2.20. The molecule has 1 aliphatic heterocycles. The smallest absolute Gasteiger partial charge is 0.355 e. The van der Waals surface area contributed by atoms with E-state index in [-0.39, 0.29) is 24.5 Å². The molecule has 3 rings (SSSR count). The second kappa shape index (κ2) is 8.83. The van der Waals surface area contributed by atoms with Crippen molar-refractivity contribution in [2.24, 2.45) is 0 Å². The van der Waals surface area contributed by atoms with Crippen LogP contribution in [-0.4, -0.2) is 48.1 Å². The summed E-state index contributed by atoms with van der Waals surface area (Å²) in [5, 5.41) is 0. The van der Waals surface area contributed by atoms with Gasteiger partial charge in [0.1, 0.15) is 11.3 Å². The Morgan fingerprint density at radius 3 is 2.58 bits per heavy atom. The van der Waals surface area contributed by atoms with E-state index in [1.165, 1.54) is 0 Å². The molecule has 1 aromatic carbocycles. The van der Waals surface area contributed by atoms with E-state index in [4.69, 9.17) is 18.9 Å². The van der Waals surface area contributed by atoms with Gasteiger partial charge in [0.15, 0.2) is 24.7 Å². The topological polar surface area (TPSA) is 104 Å². The van der Waals surface area contributed by atoms with Crippen LogP contribution in [-0.2, 0) is 20.7 Å². The normalized spacial score (nSPS) is 13.8. The van der Waals surface area contributed by atoms with Crippen LogP contribution in [0.15, 0.2) is 18.2 Å². The fourth-order valence-electron chi connectivity index (χ4n) is 3.67. The highest BCUT2D eigenvalue weighted by Crippen LogP contribution is 2.41. The van der Waals surface area contributed by atoms with Crippen LogP contribution in [0.25, 0.3) is 0 Å². The zero-order valence-electron chi connectivity index (χ0n) is 18.4. The number of nitrogens with one attached hydrogen (secondary N) is 1. The number of aromatic amines is 1. The maximum absolute atomic E-state index is 12.6. The average Bonchev–Trinajstić information content (AvgIpc) is 3.18. The molecule has 0 saturated carbocycles. The number of hydrogen-bond acceptors (Lipinski definition) is 7. The molecule has 166 valence electrons. The van der Waals surface area contributed by atoms with Gasteiger partial charge < -0.3 is 23.9 Å². The van der Waals surface area contributed by atoms with Gasteiger partial charge in [-0.1, -0.05) is 12.1 Å². The summed E-state index contributed by atoms with van der Waals surface area (Å²) in [4.78, 5) is 39.6. The summed E-state index contributed by atoms with van der Waals surface area (Å²) < 4.78 is 21.5. The van der Waals surface area contributed by atoms with Crippen LogP contribution in [0.1, 0.15) is 58.4 Å². The van der Waals surface area contributed by atoms with Crippen LogP contribution in [0, 0.1) is 13.8 Å². The number of para-hydroxylation sites is 1. The first kappa shape index (κ1) is 22.4. The number of ketones is 1. The highest BCUT2D eigenvalue weighted by Gasteiger charge is 2.32. The Morgan fingerprint density at radius 2 is 1.87 bits per heavy atom. The lowest BCUT2D eigenvalue weighted by Gasteiger charge is -2.18. The molecule has 0 saturated heterocycles. The SMILES string of the molecule is CCOC(=O)c1[nH]c(C)c(C(=O)COC(=O)COc2cccc3c2OC(C)(C)C3)c1C. The molecule has 0 atom stereocenters. The summed E-state index contributed by atoms with van der Waals surface area (Å²) >= 11 is 0. The standard InChI is InChI=1S/C23H27NO7/c1-6-28-22(27)20-13(2)19(14(3)24-20)16(25)11-30-18(26)12-29-17-9-7-8-15-10-23(4,5)31-21(15)17/h7-9,24H,6,10-12H2,1-5H3. The number of H-pyrrole nitrogens is 1. The summed E-state index contributed by atoms with van der Waals surface area (Å²) in [6.45, 7) is 8.39. The first-order chi connectivity index (χ1) is 14.6. The zero-order chi connectivity index (χ0) is 22.8. The monoisotopic (exact) mass is 429 g/mol. The Kier molecular flexibility index (Phi) is 6.38. The number of ether oxygens (including phenoxy) is 4. The molecule has 0 radical (unpaired) electrons. The molecule has 1 aromatic heterocycles. The second-order valence-corrected chi connectivity index (χ2v) is 8.00. The van der Waals surface area contributed by atoms with Crippen molar-refractivity contribution in [2.45, 2.75) is 46.6 Å². The first-order valence-electron chi connectivity index (χ1n) is 10.1.